The average Bonchev–Trinajstić information content (AvgIpc) is 2.95. The Morgan fingerprint density at radius 2 is 2.38 bits per heavy atom. The van der Waals surface area contributed by atoms with Crippen LogP contribution in [-0.2, 0) is 18.4 Å². The quantitative estimate of drug-likeness (QED) is 0.697. The molecule has 1 aliphatic rings. The number of hydrogen-bond donors (Lipinski definition) is 2. The Hall–Kier alpha value is -1.29. The van der Waals surface area contributed by atoms with E-state index in [1.165, 1.54) is 5.56 Å². The van der Waals surface area contributed by atoms with E-state index in [9.17, 15) is 4.79 Å². The molecule has 88 valence electrons. The average molecular weight is 221 g/mol. The van der Waals surface area contributed by atoms with Gasteiger partial charge in [-0.05, 0) is 24.5 Å². The summed E-state index contributed by atoms with van der Waals surface area (Å²) in [7, 11) is 2.01. The number of nitrogens with one attached hydrogen (secondary N) is 2. The summed E-state index contributed by atoms with van der Waals surface area (Å²) in [6.45, 7) is 1.57. The van der Waals surface area contributed by atoms with Crippen LogP contribution in [-0.4, -0.2) is 23.1 Å². The second-order valence-corrected chi connectivity index (χ2v) is 4.45. The maximum absolute atomic E-state index is 11.4. The molecule has 0 spiro atoms. The van der Waals surface area contributed by atoms with E-state index in [0.29, 0.717) is 12.5 Å². The minimum Gasteiger partial charge on any atom is -0.357 e. The predicted octanol–water partition coefficient (Wildman–Crippen LogP) is 0.783. The summed E-state index contributed by atoms with van der Waals surface area (Å²) >= 11 is 0. The van der Waals surface area contributed by atoms with Crippen molar-refractivity contribution in [3.63, 3.8) is 0 Å². The van der Waals surface area contributed by atoms with E-state index in [1.54, 1.807) is 0 Å². The molecule has 4 heteroatoms. The van der Waals surface area contributed by atoms with Crippen LogP contribution in [0.5, 0.6) is 0 Å². The summed E-state index contributed by atoms with van der Waals surface area (Å²) in [6, 6.07) is 2.55. The SMILES string of the molecule is Cn1ccc(CNCCC(=O)NC2CC2)c1. The molecule has 0 aromatic carbocycles. The van der Waals surface area contributed by atoms with Crippen LogP contribution in [0.15, 0.2) is 18.5 Å². The van der Waals surface area contributed by atoms with E-state index in [2.05, 4.69) is 22.9 Å². The van der Waals surface area contributed by atoms with E-state index in [-0.39, 0.29) is 5.91 Å². The van der Waals surface area contributed by atoms with Gasteiger partial charge >= 0.3 is 0 Å². The number of aromatic nitrogens is 1. The number of nitrogens with zero attached hydrogens (tertiary/aromatic N) is 1. The third-order valence-electron chi connectivity index (χ3n) is 2.69. The minimum absolute atomic E-state index is 0.170. The largest absolute Gasteiger partial charge is 0.357 e. The van der Waals surface area contributed by atoms with Crippen molar-refractivity contribution < 1.29 is 4.79 Å². The number of rotatable bonds is 6. The van der Waals surface area contributed by atoms with E-state index in [1.807, 2.05) is 17.8 Å². The highest BCUT2D eigenvalue weighted by molar-refractivity contribution is 5.76. The number of aryl methyl sites for hydroxylation is 1. The Morgan fingerprint density at radius 1 is 1.56 bits per heavy atom. The molecule has 0 aliphatic heterocycles. The molecule has 1 saturated carbocycles. The highest BCUT2D eigenvalue weighted by Crippen LogP contribution is 2.18. The first kappa shape index (κ1) is 11.2. The van der Waals surface area contributed by atoms with Crippen LogP contribution in [0.1, 0.15) is 24.8 Å². The normalized spacial score (nSPS) is 15.1. The van der Waals surface area contributed by atoms with Crippen molar-refractivity contribution in [3.05, 3.63) is 24.0 Å². The molecule has 0 bridgehead atoms. The lowest BCUT2D eigenvalue weighted by Gasteiger charge is -2.04. The van der Waals surface area contributed by atoms with Gasteiger partial charge < -0.3 is 15.2 Å². The van der Waals surface area contributed by atoms with Gasteiger partial charge in [0.1, 0.15) is 0 Å². The molecule has 1 aromatic rings. The molecule has 1 fully saturated rings. The lowest BCUT2D eigenvalue weighted by atomic mass is 10.3. The first-order chi connectivity index (χ1) is 7.74. The fraction of sp³-hybridized carbons (Fsp3) is 0.583. The maximum atomic E-state index is 11.4. The summed E-state index contributed by atoms with van der Waals surface area (Å²) in [6.07, 6.45) is 6.99. The predicted molar refractivity (Wildman–Crippen MR) is 62.9 cm³/mol. The molecule has 0 unspecified atom stereocenters. The van der Waals surface area contributed by atoms with Crippen LogP contribution >= 0.6 is 0 Å². The van der Waals surface area contributed by atoms with Gasteiger partial charge in [-0.25, -0.2) is 0 Å². The van der Waals surface area contributed by atoms with E-state index >= 15 is 0 Å². The highest BCUT2D eigenvalue weighted by atomic mass is 16.1. The third kappa shape index (κ3) is 3.70. The van der Waals surface area contributed by atoms with Gasteiger partial charge in [-0.15, -0.1) is 0 Å². The Balaban J connectivity index is 1.55. The molecule has 4 nitrogen and oxygen atoms in total. The lowest BCUT2D eigenvalue weighted by Crippen LogP contribution is -2.28. The molecule has 1 amide bonds. The maximum Gasteiger partial charge on any atom is 0.221 e. The van der Waals surface area contributed by atoms with Crippen molar-refractivity contribution in [3.8, 4) is 0 Å². The van der Waals surface area contributed by atoms with Gasteiger partial charge in [0.2, 0.25) is 5.91 Å². The zero-order valence-corrected chi connectivity index (χ0v) is 9.70. The van der Waals surface area contributed by atoms with Gasteiger partial charge in [0.25, 0.3) is 0 Å². The Morgan fingerprint density at radius 3 is 3.00 bits per heavy atom. The van der Waals surface area contributed by atoms with Crippen molar-refractivity contribution in [2.45, 2.75) is 31.8 Å². The molecule has 2 N–H and O–H groups in total. The van der Waals surface area contributed by atoms with Crippen molar-refractivity contribution in [2.24, 2.45) is 7.05 Å². The number of amides is 1. The summed E-state index contributed by atoms with van der Waals surface area (Å²) in [5.41, 5.74) is 1.25. The van der Waals surface area contributed by atoms with Crippen molar-refractivity contribution in [1.82, 2.24) is 15.2 Å². The van der Waals surface area contributed by atoms with Crippen molar-refractivity contribution >= 4 is 5.91 Å². The van der Waals surface area contributed by atoms with Crippen LogP contribution in [0.25, 0.3) is 0 Å². The van der Waals surface area contributed by atoms with Crippen molar-refractivity contribution in [2.75, 3.05) is 6.54 Å². The second kappa shape index (κ2) is 5.16. The number of carbonyl (C=O) groups excluding carboxylic acids is 1. The van der Waals surface area contributed by atoms with E-state index in [0.717, 1.165) is 25.9 Å². The molecular weight excluding hydrogens is 202 g/mol. The first-order valence-corrected chi connectivity index (χ1v) is 5.85. The van der Waals surface area contributed by atoms with Gasteiger partial charge in [-0.3, -0.25) is 4.79 Å². The summed E-state index contributed by atoms with van der Waals surface area (Å²) in [5.74, 6) is 0.170. The van der Waals surface area contributed by atoms with Gasteiger partial charge in [0, 0.05) is 45.0 Å². The molecule has 2 rings (SSSR count). The van der Waals surface area contributed by atoms with Gasteiger partial charge in [-0.2, -0.15) is 0 Å². The Kier molecular flexibility index (Phi) is 3.62. The molecule has 1 aromatic heterocycles. The number of hydrogen-bond acceptors (Lipinski definition) is 2. The molecule has 0 radical (unpaired) electrons. The van der Waals surface area contributed by atoms with Gasteiger partial charge in [0.15, 0.2) is 0 Å². The zero-order chi connectivity index (χ0) is 11.4. The van der Waals surface area contributed by atoms with E-state index < -0.39 is 0 Å². The van der Waals surface area contributed by atoms with Gasteiger partial charge in [0.05, 0.1) is 0 Å². The van der Waals surface area contributed by atoms with Crippen LogP contribution in [0, 0.1) is 0 Å². The van der Waals surface area contributed by atoms with Crippen LogP contribution in [0.3, 0.4) is 0 Å². The summed E-state index contributed by atoms with van der Waals surface area (Å²) in [5, 5.41) is 6.24. The zero-order valence-electron chi connectivity index (χ0n) is 9.70. The Bertz CT molecular complexity index is 355. The van der Waals surface area contributed by atoms with Crippen LogP contribution in [0.2, 0.25) is 0 Å². The first-order valence-electron chi connectivity index (χ1n) is 5.85. The van der Waals surface area contributed by atoms with Crippen LogP contribution in [0.4, 0.5) is 0 Å². The Labute approximate surface area is 96.0 Å². The fourth-order valence-electron chi connectivity index (χ4n) is 1.63. The standard InChI is InChI=1S/C12H19N3O/c1-15-7-5-10(9-15)8-13-6-4-12(16)14-11-2-3-11/h5,7,9,11,13H,2-4,6,8H2,1H3,(H,14,16). The topological polar surface area (TPSA) is 46.1 Å². The van der Waals surface area contributed by atoms with E-state index in [4.69, 9.17) is 0 Å². The third-order valence-corrected chi connectivity index (χ3v) is 2.69. The monoisotopic (exact) mass is 221 g/mol. The smallest absolute Gasteiger partial charge is 0.221 e. The molecule has 0 saturated heterocycles. The molecule has 1 heterocycles. The molecule has 16 heavy (non-hydrogen) atoms. The lowest BCUT2D eigenvalue weighted by molar-refractivity contribution is -0.121. The molecular formula is C12H19N3O. The van der Waals surface area contributed by atoms with Crippen molar-refractivity contribution in [1.29, 1.82) is 0 Å². The van der Waals surface area contributed by atoms with Crippen LogP contribution < -0.4 is 10.6 Å². The summed E-state index contributed by atoms with van der Waals surface area (Å²) in [4.78, 5) is 11.4. The highest BCUT2D eigenvalue weighted by Gasteiger charge is 2.22. The minimum atomic E-state index is 0.170. The van der Waals surface area contributed by atoms with Gasteiger partial charge in [-0.1, -0.05) is 0 Å². The summed E-state index contributed by atoms with van der Waals surface area (Å²) < 4.78 is 2.02. The fourth-order valence-corrected chi connectivity index (χ4v) is 1.63. The second-order valence-electron chi connectivity index (χ2n) is 4.45. The number of carbonyl (C=O) groups is 1. The molecule has 1 aliphatic carbocycles. The molecule has 0 atom stereocenters.